The SMILES string of the molecule is NC1(C(=O)O)Cc2cccc3cccc1c23. The number of hydrogen-bond donors (Lipinski definition) is 2. The summed E-state index contributed by atoms with van der Waals surface area (Å²) in [6.07, 6.45) is 0.374. The molecule has 2 aromatic rings. The molecule has 1 atom stereocenters. The van der Waals surface area contributed by atoms with Gasteiger partial charge in [0.25, 0.3) is 0 Å². The van der Waals surface area contributed by atoms with Crippen LogP contribution in [0.4, 0.5) is 0 Å². The maximum Gasteiger partial charge on any atom is 0.328 e. The molecule has 3 heteroatoms. The van der Waals surface area contributed by atoms with E-state index >= 15 is 0 Å². The van der Waals surface area contributed by atoms with Gasteiger partial charge in [-0.05, 0) is 21.9 Å². The van der Waals surface area contributed by atoms with Crippen LogP contribution in [0.15, 0.2) is 36.4 Å². The van der Waals surface area contributed by atoms with Gasteiger partial charge < -0.3 is 10.8 Å². The van der Waals surface area contributed by atoms with Crippen molar-refractivity contribution in [1.82, 2.24) is 0 Å². The van der Waals surface area contributed by atoms with Gasteiger partial charge in [0.1, 0.15) is 5.54 Å². The molecule has 3 rings (SSSR count). The minimum absolute atomic E-state index is 0.374. The average Bonchev–Trinajstić information content (AvgIpc) is 2.57. The zero-order valence-electron chi connectivity index (χ0n) is 8.60. The van der Waals surface area contributed by atoms with Crippen molar-refractivity contribution in [1.29, 1.82) is 0 Å². The van der Waals surface area contributed by atoms with E-state index in [1.165, 1.54) is 0 Å². The van der Waals surface area contributed by atoms with Gasteiger partial charge in [0, 0.05) is 6.42 Å². The zero-order chi connectivity index (χ0) is 11.3. The first-order chi connectivity index (χ1) is 7.63. The van der Waals surface area contributed by atoms with E-state index in [0.29, 0.717) is 6.42 Å². The van der Waals surface area contributed by atoms with Crippen molar-refractivity contribution in [3.05, 3.63) is 47.5 Å². The van der Waals surface area contributed by atoms with E-state index in [0.717, 1.165) is 21.9 Å². The van der Waals surface area contributed by atoms with E-state index in [4.69, 9.17) is 5.73 Å². The van der Waals surface area contributed by atoms with Gasteiger partial charge >= 0.3 is 5.97 Å². The topological polar surface area (TPSA) is 63.3 Å². The van der Waals surface area contributed by atoms with E-state index in [2.05, 4.69) is 0 Å². The van der Waals surface area contributed by atoms with Gasteiger partial charge in [-0.1, -0.05) is 36.4 Å². The Morgan fingerprint density at radius 3 is 2.62 bits per heavy atom. The lowest BCUT2D eigenvalue weighted by Crippen LogP contribution is -2.44. The summed E-state index contributed by atoms with van der Waals surface area (Å²) in [5.74, 6) is -0.962. The number of hydrogen-bond acceptors (Lipinski definition) is 2. The van der Waals surface area contributed by atoms with Crippen molar-refractivity contribution in [3.63, 3.8) is 0 Å². The van der Waals surface area contributed by atoms with E-state index in [1.54, 1.807) is 0 Å². The third kappa shape index (κ3) is 0.981. The molecule has 1 aliphatic rings. The molecule has 0 spiro atoms. The summed E-state index contributed by atoms with van der Waals surface area (Å²) in [5, 5.41) is 11.3. The maximum atomic E-state index is 11.3. The minimum Gasteiger partial charge on any atom is -0.480 e. The molecular formula is C13H11NO2. The van der Waals surface area contributed by atoms with Crippen LogP contribution in [0.3, 0.4) is 0 Å². The van der Waals surface area contributed by atoms with Gasteiger partial charge in [0.15, 0.2) is 0 Å². The van der Waals surface area contributed by atoms with Crippen LogP contribution in [0.5, 0.6) is 0 Å². The summed E-state index contributed by atoms with van der Waals surface area (Å²) in [4.78, 5) is 11.3. The number of carboxylic acids is 1. The second kappa shape index (κ2) is 2.83. The lowest BCUT2D eigenvalue weighted by molar-refractivity contribution is -0.143. The molecular weight excluding hydrogens is 202 g/mol. The molecule has 0 saturated heterocycles. The Balaban J connectivity index is 2.42. The summed E-state index contributed by atoms with van der Waals surface area (Å²) in [6, 6.07) is 11.5. The highest BCUT2D eigenvalue weighted by atomic mass is 16.4. The average molecular weight is 213 g/mol. The number of rotatable bonds is 1. The minimum atomic E-state index is -1.26. The molecule has 2 aromatic carbocycles. The summed E-state index contributed by atoms with van der Waals surface area (Å²) >= 11 is 0. The molecule has 0 fully saturated rings. The highest BCUT2D eigenvalue weighted by Gasteiger charge is 2.42. The van der Waals surface area contributed by atoms with Crippen LogP contribution in [-0.2, 0) is 16.8 Å². The number of aliphatic carboxylic acids is 1. The predicted molar refractivity (Wildman–Crippen MR) is 61.2 cm³/mol. The van der Waals surface area contributed by atoms with Gasteiger partial charge in [-0.25, -0.2) is 4.79 Å². The third-order valence-electron chi connectivity index (χ3n) is 3.32. The van der Waals surface area contributed by atoms with Gasteiger partial charge in [0.05, 0.1) is 0 Å². The van der Waals surface area contributed by atoms with E-state index in [9.17, 15) is 9.90 Å². The molecule has 1 unspecified atom stereocenters. The third-order valence-corrected chi connectivity index (χ3v) is 3.32. The zero-order valence-corrected chi connectivity index (χ0v) is 8.60. The first-order valence-electron chi connectivity index (χ1n) is 5.16. The summed E-state index contributed by atoms with van der Waals surface area (Å²) in [5.41, 5.74) is 6.50. The highest BCUT2D eigenvalue weighted by Crippen LogP contribution is 2.39. The molecule has 0 bridgehead atoms. The summed E-state index contributed by atoms with van der Waals surface area (Å²) in [6.45, 7) is 0. The molecule has 16 heavy (non-hydrogen) atoms. The molecule has 3 N–H and O–H groups in total. The van der Waals surface area contributed by atoms with Crippen molar-refractivity contribution in [2.24, 2.45) is 5.73 Å². The van der Waals surface area contributed by atoms with E-state index < -0.39 is 11.5 Å². The number of carbonyl (C=O) groups is 1. The van der Waals surface area contributed by atoms with E-state index in [-0.39, 0.29) is 0 Å². The molecule has 3 nitrogen and oxygen atoms in total. The van der Waals surface area contributed by atoms with Crippen LogP contribution in [-0.4, -0.2) is 11.1 Å². The van der Waals surface area contributed by atoms with Crippen molar-refractivity contribution < 1.29 is 9.90 Å². The largest absolute Gasteiger partial charge is 0.480 e. The van der Waals surface area contributed by atoms with Crippen LogP contribution in [0.25, 0.3) is 10.8 Å². The molecule has 1 aliphatic carbocycles. The summed E-state index contributed by atoms with van der Waals surface area (Å²) < 4.78 is 0. The van der Waals surface area contributed by atoms with E-state index in [1.807, 2.05) is 36.4 Å². The Morgan fingerprint density at radius 1 is 1.25 bits per heavy atom. The second-order valence-electron chi connectivity index (χ2n) is 4.27. The lowest BCUT2D eigenvalue weighted by Gasteiger charge is -2.19. The fourth-order valence-corrected chi connectivity index (χ4v) is 2.52. The van der Waals surface area contributed by atoms with Crippen LogP contribution < -0.4 is 5.73 Å². The first kappa shape index (κ1) is 9.36. The van der Waals surface area contributed by atoms with Crippen molar-refractivity contribution in [2.45, 2.75) is 12.0 Å². The highest BCUT2D eigenvalue weighted by molar-refractivity contribution is 5.98. The molecule has 0 aliphatic heterocycles. The fraction of sp³-hybridized carbons (Fsp3) is 0.154. The van der Waals surface area contributed by atoms with Crippen LogP contribution in [0.1, 0.15) is 11.1 Å². The Labute approximate surface area is 92.5 Å². The molecule has 0 aromatic heterocycles. The number of benzene rings is 2. The van der Waals surface area contributed by atoms with Gasteiger partial charge in [-0.15, -0.1) is 0 Å². The summed E-state index contributed by atoms with van der Waals surface area (Å²) in [7, 11) is 0. The predicted octanol–water partition coefficient (Wildman–Crippen LogP) is 1.63. The molecule has 0 amide bonds. The monoisotopic (exact) mass is 213 g/mol. The lowest BCUT2D eigenvalue weighted by atomic mass is 9.92. The van der Waals surface area contributed by atoms with Gasteiger partial charge in [-0.2, -0.15) is 0 Å². The van der Waals surface area contributed by atoms with Crippen molar-refractivity contribution in [3.8, 4) is 0 Å². The first-order valence-corrected chi connectivity index (χ1v) is 5.16. The smallest absolute Gasteiger partial charge is 0.328 e. The van der Waals surface area contributed by atoms with Crippen LogP contribution in [0.2, 0.25) is 0 Å². The molecule has 80 valence electrons. The van der Waals surface area contributed by atoms with Crippen molar-refractivity contribution in [2.75, 3.05) is 0 Å². The molecule has 0 radical (unpaired) electrons. The Hall–Kier alpha value is -1.87. The quantitative estimate of drug-likeness (QED) is 0.756. The maximum absolute atomic E-state index is 11.3. The number of carboxylic acid groups (broad SMARTS) is 1. The standard InChI is InChI=1S/C13H11NO2/c14-13(12(15)16)7-9-5-1-3-8-4-2-6-10(13)11(8)9/h1-6H,7,14H2,(H,15,16). The van der Waals surface area contributed by atoms with Crippen LogP contribution in [0, 0.1) is 0 Å². The molecule has 0 saturated carbocycles. The van der Waals surface area contributed by atoms with Gasteiger partial charge in [-0.3, -0.25) is 0 Å². The number of nitrogens with two attached hydrogens (primary N) is 1. The van der Waals surface area contributed by atoms with Gasteiger partial charge in [0.2, 0.25) is 0 Å². The van der Waals surface area contributed by atoms with Crippen molar-refractivity contribution >= 4 is 16.7 Å². The molecule has 0 heterocycles. The Morgan fingerprint density at radius 2 is 1.94 bits per heavy atom. The fourth-order valence-electron chi connectivity index (χ4n) is 2.52. The second-order valence-corrected chi connectivity index (χ2v) is 4.27. The van der Waals surface area contributed by atoms with Crippen LogP contribution >= 0.6 is 0 Å². The Bertz CT molecular complexity index is 601. The Kier molecular flexibility index (Phi) is 1.66. The normalized spacial score (nSPS) is 22.6.